The molecule has 1 aliphatic carbocycles. The van der Waals surface area contributed by atoms with Crippen LogP contribution in [0.5, 0.6) is 11.8 Å². The highest BCUT2D eigenvalue weighted by Crippen LogP contribution is 2.53. The van der Waals surface area contributed by atoms with Gasteiger partial charge in [0.1, 0.15) is 23.1 Å². The van der Waals surface area contributed by atoms with E-state index in [2.05, 4.69) is 30.2 Å². The largest absolute Gasteiger partial charge is 0.421 e. The molecular formula is C24H27FN8O. The van der Waals surface area contributed by atoms with E-state index in [0.717, 1.165) is 53.9 Å². The Bertz CT molecular complexity index is 1400. The van der Waals surface area contributed by atoms with Crippen molar-refractivity contribution in [2.24, 2.45) is 11.1 Å². The monoisotopic (exact) mass is 462 g/mol. The lowest BCUT2D eigenvalue weighted by Gasteiger charge is -2.19. The fourth-order valence-corrected chi connectivity index (χ4v) is 5.00. The van der Waals surface area contributed by atoms with Crippen LogP contribution in [0.2, 0.25) is 0 Å². The zero-order valence-electron chi connectivity index (χ0n) is 19.4. The lowest BCUT2D eigenvalue weighted by molar-refractivity contribution is 0.438. The molecule has 1 aliphatic heterocycles. The summed E-state index contributed by atoms with van der Waals surface area (Å²) in [5, 5.41) is 4.56. The first-order chi connectivity index (χ1) is 16.4. The molecule has 1 saturated heterocycles. The number of nitrogens with zero attached hydrogens (tertiary/aromatic N) is 5. The van der Waals surface area contributed by atoms with Gasteiger partial charge in [-0.05, 0) is 25.0 Å². The molecule has 10 heteroatoms. The summed E-state index contributed by atoms with van der Waals surface area (Å²) >= 11 is 0. The highest BCUT2D eigenvalue weighted by Gasteiger charge is 2.56. The minimum absolute atomic E-state index is 0.145. The normalized spacial score (nSPS) is 21.8. The van der Waals surface area contributed by atoms with Gasteiger partial charge < -0.3 is 25.7 Å². The number of rotatable bonds is 5. The number of H-pyrrole nitrogens is 1. The van der Waals surface area contributed by atoms with Crippen molar-refractivity contribution in [3.8, 4) is 11.8 Å². The second-order valence-electron chi connectivity index (χ2n) is 9.68. The molecule has 0 amide bonds. The van der Waals surface area contributed by atoms with E-state index in [1.54, 1.807) is 19.4 Å². The van der Waals surface area contributed by atoms with Crippen LogP contribution in [0.25, 0.3) is 21.9 Å². The summed E-state index contributed by atoms with van der Waals surface area (Å²) in [6, 6.07) is 3.39. The number of hydrogen-bond acceptors (Lipinski definition) is 8. The maximum absolute atomic E-state index is 14.5. The summed E-state index contributed by atoms with van der Waals surface area (Å²) in [4.78, 5) is 23.7. The minimum atomic E-state index is -0.325. The first kappa shape index (κ1) is 21.0. The number of halogens is 1. The Hall–Kier alpha value is -3.53. The zero-order valence-corrected chi connectivity index (χ0v) is 19.4. The molecule has 9 nitrogen and oxygen atoms in total. The highest BCUT2D eigenvalue weighted by molar-refractivity contribution is 6.14. The number of aromatic amines is 1. The second kappa shape index (κ2) is 7.49. The van der Waals surface area contributed by atoms with Crippen LogP contribution in [0.4, 0.5) is 15.9 Å². The average Bonchev–Trinajstić information content (AvgIpc) is 3.12. The molecule has 1 spiro atoms. The van der Waals surface area contributed by atoms with E-state index in [1.165, 1.54) is 12.1 Å². The predicted molar refractivity (Wildman–Crippen MR) is 129 cm³/mol. The van der Waals surface area contributed by atoms with Gasteiger partial charge >= 0.3 is 6.01 Å². The highest BCUT2D eigenvalue weighted by atomic mass is 19.1. The zero-order chi connectivity index (χ0) is 23.6. The first-order valence-corrected chi connectivity index (χ1v) is 11.6. The smallest absolute Gasteiger partial charge is 0.326 e. The molecule has 2 aliphatic rings. The number of hydrogen-bond donors (Lipinski definition) is 3. The van der Waals surface area contributed by atoms with Crippen molar-refractivity contribution < 1.29 is 9.13 Å². The van der Waals surface area contributed by atoms with Crippen LogP contribution in [0.3, 0.4) is 0 Å². The van der Waals surface area contributed by atoms with Gasteiger partial charge in [0.2, 0.25) is 0 Å². The minimum Gasteiger partial charge on any atom is -0.421 e. The quantitative estimate of drug-likeness (QED) is 0.408. The van der Waals surface area contributed by atoms with Gasteiger partial charge in [-0.15, -0.1) is 0 Å². The van der Waals surface area contributed by atoms with E-state index in [0.29, 0.717) is 17.1 Å². The fraction of sp³-hybridized carbons (Fsp3) is 0.417. The molecule has 2 unspecified atom stereocenters. The molecule has 34 heavy (non-hydrogen) atoms. The number of anilines is 2. The number of fused-ring (bicyclic) bond motifs is 3. The van der Waals surface area contributed by atoms with Crippen LogP contribution < -0.4 is 20.7 Å². The van der Waals surface area contributed by atoms with Gasteiger partial charge in [0.15, 0.2) is 5.75 Å². The van der Waals surface area contributed by atoms with Crippen molar-refractivity contribution >= 4 is 33.4 Å². The predicted octanol–water partition coefficient (Wildman–Crippen LogP) is 3.93. The summed E-state index contributed by atoms with van der Waals surface area (Å²) in [5.41, 5.74) is 8.40. The van der Waals surface area contributed by atoms with Crippen LogP contribution in [0.1, 0.15) is 38.4 Å². The molecule has 176 valence electrons. The van der Waals surface area contributed by atoms with Gasteiger partial charge in [0, 0.05) is 42.9 Å². The molecule has 1 saturated carbocycles. The standard InChI is InChI=1S/C24H27FN8O/c1-12(2)20-28-9-14(10-29-20)34-23-31-21-18(15-6-13(25)7-16(27-3)19(15)30-21)22(32-23)33-5-4-24(11-33)8-17(24)26/h6-7,9-10,12,17,27H,4-5,8,11,26H2,1-3H3,(H,30,31,32). The van der Waals surface area contributed by atoms with Crippen LogP contribution in [0.15, 0.2) is 24.5 Å². The Morgan fingerprint density at radius 3 is 2.68 bits per heavy atom. The molecular weight excluding hydrogens is 435 g/mol. The van der Waals surface area contributed by atoms with E-state index in [1.807, 2.05) is 13.8 Å². The number of ether oxygens (including phenoxy) is 1. The van der Waals surface area contributed by atoms with Gasteiger partial charge in [-0.2, -0.15) is 9.97 Å². The third-order valence-electron chi connectivity index (χ3n) is 7.07. The maximum Gasteiger partial charge on any atom is 0.326 e. The molecule has 3 aromatic heterocycles. The topological polar surface area (TPSA) is 118 Å². The van der Waals surface area contributed by atoms with Crippen molar-refractivity contribution in [1.29, 1.82) is 0 Å². The lowest BCUT2D eigenvalue weighted by Crippen LogP contribution is -2.24. The van der Waals surface area contributed by atoms with Crippen molar-refractivity contribution in [3.63, 3.8) is 0 Å². The van der Waals surface area contributed by atoms with Crippen molar-refractivity contribution in [1.82, 2.24) is 24.9 Å². The number of aromatic nitrogens is 5. The summed E-state index contributed by atoms with van der Waals surface area (Å²) in [6.07, 6.45) is 5.29. The summed E-state index contributed by atoms with van der Waals surface area (Å²) in [7, 11) is 1.76. The maximum atomic E-state index is 14.5. The van der Waals surface area contributed by atoms with Gasteiger partial charge in [-0.1, -0.05) is 13.8 Å². The summed E-state index contributed by atoms with van der Waals surface area (Å²) < 4.78 is 20.5. The fourth-order valence-electron chi connectivity index (χ4n) is 5.00. The van der Waals surface area contributed by atoms with E-state index in [-0.39, 0.29) is 29.2 Å². The second-order valence-corrected chi connectivity index (χ2v) is 9.68. The van der Waals surface area contributed by atoms with Crippen LogP contribution in [-0.4, -0.2) is 51.1 Å². The molecule has 6 rings (SSSR count). The molecule has 4 N–H and O–H groups in total. The average molecular weight is 463 g/mol. The Kier molecular flexibility index (Phi) is 4.63. The summed E-state index contributed by atoms with van der Waals surface area (Å²) in [6.45, 7) is 5.71. The molecule has 2 atom stereocenters. The Morgan fingerprint density at radius 1 is 1.26 bits per heavy atom. The van der Waals surface area contributed by atoms with Gasteiger partial charge in [-0.3, -0.25) is 0 Å². The number of nitrogens with two attached hydrogens (primary N) is 1. The van der Waals surface area contributed by atoms with Gasteiger partial charge in [-0.25, -0.2) is 14.4 Å². The van der Waals surface area contributed by atoms with Gasteiger partial charge in [0.25, 0.3) is 0 Å². The third-order valence-corrected chi connectivity index (χ3v) is 7.07. The number of benzene rings is 1. The molecule has 0 bridgehead atoms. The van der Waals surface area contributed by atoms with E-state index in [4.69, 9.17) is 15.5 Å². The molecule has 1 aromatic carbocycles. The third kappa shape index (κ3) is 3.32. The SMILES string of the molecule is CNc1cc(F)cc2c1[nH]c1nc(Oc3cnc(C(C)C)nc3)nc(N3CCC4(CC4N)C3)c12. The Labute approximate surface area is 196 Å². The molecule has 4 heterocycles. The molecule has 2 fully saturated rings. The van der Waals surface area contributed by atoms with Crippen LogP contribution in [0, 0.1) is 11.2 Å². The lowest BCUT2D eigenvalue weighted by atomic mass is 10.1. The van der Waals surface area contributed by atoms with Crippen LogP contribution in [-0.2, 0) is 0 Å². The van der Waals surface area contributed by atoms with E-state index >= 15 is 0 Å². The molecule has 4 aromatic rings. The van der Waals surface area contributed by atoms with Crippen LogP contribution >= 0.6 is 0 Å². The molecule has 0 radical (unpaired) electrons. The van der Waals surface area contributed by atoms with Gasteiger partial charge in [0.05, 0.1) is 29.0 Å². The van der Waals surface area contributed by atoms with E-state index < -0.39 is 0 Å². The van der Waals surface area contributed by atoms with E-state index in [9.17, 15) is 4.39 Å². The van der Waals surface area contributed by atoms with Crippen molar-refractivity contribution in [2.75, 3.05) is 30.4 Å². The Morgan fingerprint density at radius 2 is 2.03 bits per heavy atom. The number of nitrogens with one attached hydrogen (secondary N) is 2. The van der Waals surface area contributed by atoms with Crippen molar-refractivity contribution in [3.05, 3.63) is 36.2 Å². The first-order valence-electron chi connectivity index (χ1n) is 11.6. The van der Waals surface area contributed by atoms with Crippen molar-refractivity contribution in [2.45, 2.75) is 38.6 Å². The summed E-state index contributed by atoms with van der Waals surface area (Å²) in [5.74, 6) is 1.81. The Balaban J connectivity index is 1.48.